The normalized spacial score (nSPS) is 16.8. The third-order valence-electron chi connectivity index (χ3n) is 4.37. The zero-order valence-electron chi connectivity index (χ0n) is 12.5. The number of hydrogen-bond acceptors (Lipinski definition) is 2. The highest BCUT2D eigenvalue weighted by Crippen LogP contribution is 2.28. The Kier molecular flexibility index (Phi) is 4.15. The minimum atomic E-state index is -0.0406. The molecule has 3 heteroatoms. The maximum atomic E-state index is 12.3. The summed E-state index contributed by atoms with van der Waals surface area (Å²) < 4.78 is 5.54. The van der Waals surface area contributed by atoms with Crippen LogP contribution in [-0.2, 0) is 17.8 Å². The first-order valence-electron chi connectivity index (χ1n) is 7.76. The lowest BCUT2D eigenvalue weighted by Crippen LogP contribution is -2.37. The zero-order chi connectivity index (χ0) is 14.7. The number of carbonyl (C=O) groups is 1. The second kappa shape index (κ2) is 6.22. The summed E-state index contributed by atoms with van der Waals surface area (Å²) in [6.45, 7) is 3.15. The predicted octanol–water partition coefficient (Wildman–Crippen LogP) is 2.92. The van der Waals surface area contributed by atoms with Gasteiger partial charge < -0.3 is 9.64 Å². The van der Waals surface area contributed by atoms with Crippen LogP contribution in [0.15, 0.2) is 18.2 Å². The molecule has 3 nitrogen and oxygen atoms in total. The van der Waals surface area contributed by atoms with Gasteiger partial charge in [0.1, 0.15) is 5.75 Å². The molecule has 0 aromatic heterocycles. The third-order valence-corrected chi connectivity index (χ3v) is 4.37. The van der Waals surface area contributed by atoms with Gasteiger partial charge in [0.25, 0.3) is 5.91 Å². The quantitative estimate of drug-likeness (QED) is 0.798. The van der Waals surface area contributed by atoms with Gasteiger partial charge in [-0.15, -0.1) is 0 Å². The molecule has 0 N–H and O–H groups in total. The van der Waals surface area contributed by atoms with Crippen LogP contribution in [0.1, 0.15) is 43.7 Å². The molecule has 1 heterocycles. The maximum Gasteiger partial charge on any atom is 0.299 e. The number of fused-ring (bicyclic) bond motifs is 1. The Morgan fingerprint density at radius 2 is 2.19 bits per heavy atom. The van der Waals surface area contributed by atoms with E-state index in [0.29, 0.717) is 12.6 Å². The number of ether oxygens (including phenoxy) is 1. The monoisotopic (exact) mass is 283 g/mol. The molecule has 1 aromatic carbocycles. The second-order valence-electron chi connectivity index (χ2n) is 5.79. The Labute approximate surface area is 126 Å². The molecule has 1 aliphatic heterocycles. The van der Waals surface area contributed by atoms with Crippen LogP contribution in [0.5, 0.6) is 5.75 Å². The lowest BCUT2D eigenvalue weighted by molar-refractivity contribution is -0.127. The van der Waals surface area contributed by atoms with E-state index in [-0.39, 0.29) is 5.91 Å². The Balaban J connectivity index is 1.79. The van der Waals surface area contributed by atoms with Crippen molar-refractivity contribution in [1.82, 2.24) is 4.90 Å². The van der Waals surface area contributed by atoms with Crippen molar-refractivity contribution in [2.75, 3.05) is 6.61 Å². The van der Waals surface area contributed by atoms with Gasteiger partial charge in [0.2, 0.25) is 0 Å². The smallest absolute Gasteiger partial charge is 0.299 e. The minimum absolute atomic E-state index is 0.0406. The van der Waals surface area contributed by atoms with E-state index in [1.807, 2.05) is 11.0 Å². The van der Waals surface area contributed by atoms with Crippen molar-refractivity contribution in [2.24, 2.45) is 0 Å². The van der Waals surface area contributed by atoms with Crippen LogP contribution in [0.2, 0.25) is 0 Å². The fourth-order valence-electron chi connectivity index (χ4n) is 3.30. The Morgan fingerprint density at radius 1 is 1.38 bits per heavy atom. The molecule has 0 bridgehead atoms. The van der Waals surface area contributed by atoms with E-state index in [1.165, 1.54) is 24.0 Å². The van der Waals surface area contributed by atoms with Crippen LogP contribution in [0, 0.1) is 11.8 Å². The van der Waals surface area contributed by atoms with Gasteiger partial charge in [-0.25, -0.2) is 0 Å². The number of amides is 1. The van der Waals surface area contributed by atoms with Gasteiger partial charge in [-0.2, -0.15) is 0 Å². The van der Waals surface area contributed by atoms with Crippen LogP contribution in [0.3, 0.4) is 0 Å². The average molecular weight is 283 g/mol. The fraction of sp³-hybridized carbons (Fsp3) is 0.500. The summed E-state index contributed by atoms with van der Waals surface area (Å²) in [5, 5.41) is 0. The molecule has 110 valence electrons. The summed E-state index contributed by atoms with van der Waals surface area (Å²) >= 11 is 0. The molecule has 1 saturated carbocycles. The second-order valence-corrected chi connectivity index (χ2v) is 5.79. The van der Waals surface area contributed by atoms with E-state index in [2.05, 4.69) is 24.0 Å². The zero-order valence-corrected chi connectivity index (χ0v) is 12.5. The Hall–Kier alpha value is -1.95. The van der Waals surface area contributed by atoms with E-state index in [9.17, 15) is 4.79 Å². The lowest BCUT2D eigenvalue weighted by atomic mass is 10.1. The highest BCUT2D eigenvalue weighted by atomic mass is 16.5. The molecule has 1 fully saturated rings. The third kappa shape index (κ3) is 3.05. The predicted molar refractivity (Wildman–Crippen MR) is 81.9 cm³/mol. The lowest BCUT2D eigenvalue weighted by Gasteiger charge is -2.27. The summed E-state index contributed by atoms with van der Waals surface area (Å²) in [6.07, 6.45) is 5.60. The van der Waals surface area contributed by atoms with E-state index >= 15 is 0 Å². The average Bonchev–Trinajstić information content (AvgIpc) is 3.15. The molecule has 2 aliphatic rings. The highest BCUT2D eigenvalue weighted by molar-refractivity contribution is 5.93. The minimum Gasteiger partial charge on any atom is -0.493 e. The van der Waals surface area contributed by atoms with Crippen molar-refractivity contribution in [1.29, 1.82) is 0 Å². The van der Waals surface area contributed by atoms with Crippen molar-refractivity contribution in [3.8, 4) is 17.6 Å². The van der Waals surface area contributed by atoms with Crippen molar-refractivity contribution in [3.63, 3.8) is 0 Å². The van der Waals surface area contributed by atoms with Gasteiger partial charge in [0, 0.05) is 19.0 Å². The molecule has 0 spiro atoms. The number of rotatable bonds is 3. The van der Waals surface area contributed by atoms with Crippen molar-refractivity contribution >= 4 is 5.91 Å². The molecule has 0 atom stereocenters. The Morgan fingerprint density at radius 3 is 2.95 bits per heavy atom. The molecule has 1 aliphatic carbocycles. The van der Waals surface area contributed by atoms with Crippen LogP contribution in [-0.4, -0.2) is 23.5 Å². The van der Waals surface area contributed by atoms with Crippen molar-refractivity contribution in [3.05, 3.63) is 29.3 Å². The summed E-state index contributed by atoms with van der Waals surface area (Å²) in [4.78, 5) is 14.3. The maximum absolute atomic E-state index is 12.3. The molecule has 1 aromatic rings. The van der Waals surface area contributed by atoms with Gasteiger partial charge in [0.15, 0.2) is 0 Å². The number of nitrogens with zero attached hydrogens (tertiary/aromatic N) is 1. The van der Waals surface area contributed by atoms with Crippen LogP contribution < -0.4 is 4.74 Å². The molecule has 3 rings (SSSR count). The van der Waals surface area contributed by atoms with Crippen molar-refractivity contribution in [2.45, 2.75) is 51.6 Å². The molecule has 0 unspecified atom stereocenters. The van der Waals surface area contributed by atoms with Crippen LogP contribution in [0.4, 0.5) is 0 Å². The first-order valence-corrected chi connectivity index (χ1v) is 7.76. The van der Waals surface area contributed by atoms with Crippen molar-refractivity contribution < 1.29 is 9.53 Å². The summed E-state index contributed by atoms with van der Waals surface area (Å²) in [5.74, 6) is 6.40. The van der Waals surface area contributed by atoms with Crippen LogP contribution in [0.25, 0.3) is 0 Å². The van der Waals surface area contributed by atoms with Crippen LogP contribution >= 0.6 is 0 Å². The van der Waals surface area contributed by atoms with Gasteiger partial charge in [-0.1, -0.05) is 30.9 Å². The number of carbonyl (C=O) groups excluding carboxylic acids is 1. The Bertz CT molecular complexity index is 591. The fourth-order valence-corrected chi connectivity index (χ4v) is 3.30. The molecule has 21 heavy (non-hydrogen) atoms. The van der Waals surface area contributed by atoms with Gasteiger partial charge in [-0.3, -0.25) is 4.79 Å². The standard InChI is InChI=1S/C18H21NO2/c1-2-5-18(20)19(16-6-3-4-7-16)13-14-8-9-17-15(12-14)10-11-21-17/h8-9,12,16H,3-4,6-7,10-11,13H2,1H3. The topological polar surface area (TPSA) is 29.5 Å². The summed E-state index contributed by atoms with van der Waals surface area (Å²) in [5.41, 5.74) is 2.44. The largest absolute Gasteiger partial charge is 0.493 e. The van der Waals surface area contributed by atoms with Gasteiger partial charge in [-0.05, 0) is 42.9 Å². The number of hydrogen-bond donors (Lipinski definition) is 0. The van der Waals surface area contributed by atoms with E-state index in [1.54, 1.807) is 6.92 Å². The summed E-state index contributed by atoms with van der Waals surface area (Å²) in [7, 11) is 0. The number of benzene rings is 1. The first kappa shape index (κ1) is 14.0. The van der Waals surface area contributed by atoms with E-state index < -0.39 is 0 Å². The van der Waals surface area contributed by atoms with E-state index in [4.69, 9.17) is 4.74 Å². The van der Waals surface area contributed by atoms with E-state index in [0.717, 1.165) is 31.6 Å². The first-order chi connectivity index (χ1) is 10.3. The molecule has 0 saturated heterocycles. The SMILES string of the molecule is CC#CC(=O)N(Cc1ccc2c(c1)CCO2)C1CCCC1. The summed E-state index contributed by atoms with van der Waals surface area (Å²) in [6, 6.07) is 6.62. The molecular weight excluding hydrogens is 262 g/mol. The molecule has 0 radical (unpaired) electrons. The van der Waals surface area contributed by atoms with Gasteiger partial charge >= 0.3 is 0 Å². The molecule has 1 amide bonds. The molecular formula is C18H21NO2. The highest BCUT2D eigenvalue weighted by Gasteiger charge is 2.26. The van der Waals surface area contributed by atoms with Gasteiger partial charge in [0.05, 0.1) is 6.61 Å².